The van der Waals surface area contributed by atoms with E-state index in [9.17, 15) is 13.6 Å². The van der Waals surface area contributed by atoms with Crippen molar-refractivity contribution in [1.82, 2.24) is 4.90 Å². The van der Waals surface area contributed by atoms with E-state index in [2.05, 4.69) is 15.9 Å². The molecule has 0 N–H and O–H groups in total. The van der Waals surface area contributed by atoms with Gasteiger partial charge < -0.3 is 4.90 Å². The average molecular weight is 354 g/mol. The second-order valence-corrected chi connectivity index (χ2v) is 6.18. The first-order valence-electron chi connectivity index (χ1n) is 6.82. The zero-order valence-electron chi connectivity index (χ0n) is 11.3. The van der Waals surface area contributed by atoms with Gasteiger partial charge in [-0.05, 0) is 29.0 Å². The van der Waals surface area contributed by atoms with Crippen LogP contribution in [0.1, 0.15) is 23.2 Å². The first-order chi connectivity index (χ1) is 9.96. The van der Waals surface area contributed by atoms with Crippen molar-refractivity contribution >= 4 is 32.6 Å². The quantitative estimate of drug-likeness (QED) is 0.740. The third kappa shape index (κ3) is 2.93. The Balaban J connectivity index is 1.85. The summed E-state index contributed by atoms with van der Waals surface area (Å²) in [5.41, 5.74) is 0.547. The van der Waals surface area contributed by atoms with Gasteiger partial charge in [-0.15, -0.1) is 0 Å². The average Bonchev–Trinajstić information content (AvgIpc) is 2.46. The number of likely N-dealkylation sites (tertiary alicyclic amines) is 1. The number of amides is 1. The van der Waals surface area contributed by atoms with Gasteiger partial charge in [-0.1, -0.05) is 34.1 Å². The first-order valence-corrected chi connectivity index (χ1v) is 7.61. The molecule has 21 heavy (non-hydrogen) atoms. The summed E-state index contributed by atoms with van der Waals surface area (Å²) in [6, 6.07) is 11.2. The van der Waals surface area contributed by atoms with Crippen LogP contribution in [-0.2, 0) is 0 Å². The highest BCUT2D eigenvalue weighted by atomic mass is 79.9. The highest BCUT2D eigenvalue weighted by Gasteiger charge is 2.35. The first kappa shape index (κ1) is 14.4. The smallest absolute Gasteiger partial charge is 0.253 e. The Morgan fingerprint density at radius 2 is 1.86 bits per heavy atom. The lowest BCUT2D eigenvalue weighted by molar-refractivity contribution is -0.0494. The van der Waals surface area contributed by atoms with Crippen LogP contribution in [0.25, 0.3) is 10.8 Å². The van der Waals surface area contributed by atoms with Crippen molar-refractivity contribution in [2.75, 3.05) is 13.1 Å². The largest absolute Gasteiger partial charge is 0.338 e. The summed E-state index contributed by atoms with van der Waals surface area (Å²) in [5, 5.41) is 1.98. The maximum atomic E-state index is 13.2. The number of alkyl halides is 2. The topological polar surface area (TPSA) is 20.3 Å². The number of fused-ring (bicyclic) bond motifs is 1. The van der Waals surface area contributed by atoms with Gasteiger partial charge in [-0.2, -0.15) is 0 Å². The molecule has 2 aromatic carbocycles. The Bertz CT molecular complexity index is 692. The second-order valence-electron chi connectivity index (χ2n) is 5.32. The number of carbonyl (C=O) groups excluding carboxylic acids is 1. The van der Waals surface area contributed by atoms with Crippen molar-refractivity contribution in [1.29, 1.82) is 0 Å². The van der Waals surface area contributed by atoms with Crippen LogP contribution in [0.5, 0.6) is 0 Å². The monoisotopic (exact) mass is 353 g/mol. The number of halogens is 3. The van der Waals surface area contributed by atoms with Crippen LogP contribution in [0.4, 0.5) is 8.78 Å². The molecule has 0 saturated carbocycles. The third-order valence-electron chi connectivity index (χ3n) is 3.86. The minimum atomic E-state index is -2.63. The summed E-state index contributed by atoms with van der Waals surface area (Å²) in [4.78, 5) is 13.9. The molecular weight excluding hydrogens is 340 g/mol. The summed E-state index contributed by atoms with van der Waals surface area (Å²) in [7, 11) is 0. The molecule has 110 valence electrons. The standard InChI is InChI=1S/C16H14BrF2NO/c17-14-3-1-2-11-10-12(4-5-13(11)14)15(21)20-8-6-16(18,19)7-9-20/h1-5,10H,6-9H2. The maximum absolute atomic E-state index is 13.2. The van der Waals surface area contributed by atoms with Gasteiger partial charge in [0.05, 0.1) is 0 Å². The maximum Gasteiger partial charge on any atom is 0.253 e. The molecule has 1 amide bonds. The van der Waals surface area contributed by atoms with Gasteiger partial charge in [-0.25, -0.2) is 8.78 Å². The molecule has 1 aliphatic heterocycles. The summed E-state index contributed by atoms with van der Waals surface area (Å²) in [5.74, 6) is -2.81. The zero-order chi connectivity index (χ0) is 15.0. The molecule has 1 saturated heterocycles. The highest BCUT2D eigenvalue weighted by Crippen LogP contribution is 2.29. The molecule has 0 aromatic heterocycles. The Kier molecular flexibility index (Phi) is 3.69. The second kappa shape index (κ2) is 5.37. The normalized spacial score (nSPS) is 18.0. The highest BCUT2D eigenvalue weighted by molar-refractivity contribution is 9.10. The Morgan fingerprint density at radius 1 is 1.14 bits per heavy atom. The Morgan fingerprint density at radius 3 is 2.57 bits per heavy atom. The summed E-state index contributed by atoms with van der Waals surface area (Å²) in [6.07, 6.45) is -0.504. The molecule has 5 heteroatoms. The molecule has 0 bridgehead atoms. The van der Waals surface area contributed by atoms with E-state index >= 15 is 0 Å². The van der Waals surface area contributed by atoms with Crippen molar-refractivity contribution in [3.63, 3.8) is 0 Å². The van der Waals surface area contributed by atoms with Crippen LogP contribution in [-0.4, -0.2) is 29.8 Å². The molecule has 0 aliphatic carbocycles. The molecule has 3 rings (SSSR count). The third-order valence-corrected chi connectivity index (χ3v) is 4.55. The van der Waals surface area contributed by atoms with Crippen LogP contribution in [0.2, 0.25) is 0 Å². The SMILES string of the molecule is O=C(c1ccc2c(Br)cccc2c1)N1CCC(F)(F)CC1. The van der Waals surface area contributed by atoms with Crippen molar-refractivity contribution < 1.29 is 13.6 Å². The molecule has 1 aliphatic rings. The minimum Gasteiger partial charge on any atom is -0.338 e. The van der Waals surface area contributed by atoms with Crippen LogP contribution >= 0.6 is 15.9 Å². The van der Waals surface area contributed by atoms with E-state index in [0.717, 1.165) is 15.2 Å². The molecule has 0 unspecified atom stereocenters. The van der Waals surface area contributed by atoms with E-state index in [1.54, 1.807) is 6.07 Å². The summed E-state index contributed by atoms with van der Waals surface area (Å²) >= 11 is 3.47. The van der Waals surface area contributed by atoms with Crippen molar-refractivity contribution in [2.45, 2.75) is 18.8 Å². The van der Waals surface area contributed by atoms with Gasteiger partial charge in [0.2, 0.25) is 0 Å². The van der Waals surface area contributed by atoms with Crippen LogP contribution in [0.3, 0.4) is 0 Å². The van der Waals surface area contributed by atoms with Gasteiger partial charge >= 0.3 is 0 Å². The van der Waals surface area contributed by atoms with E-state index < -0.39 is 5.92 Å². The lowest BCUT2D eigenvalue weighted by atomic mass is 10.0. The number of benzene rings is 2. The summed E-state index contributed by atoms with van der Waals surface area (Å²) < 4.78 is 27.3. The number of nitrogens with zero attached hydrogens (tertiary/aromatic N) is 1. The molecular formula is C16H14BrF2NO. The number of rotatable bonds is 1. The molecule has 2 aromatic rings. The van der Waals surface area contributed by atoms with E-state index in [1.165, 1.54) is 4.90 Å². The minimum absolute atomic E-state index is 0.113. The van der Waals surface area contributed by atoms with E-state index in [4.69, 9.17) is 0 Å². The van der Waals surface area contributed by atoms with Gasteiger partial charge in [0.15, 0.2) is 0 Å². The molecule has 1 heterocycles. The Hall–Kier alpha value is -1.49. The van der Waals surface area contributed by atoms with E-state index in [0.29, 0.717) is 5.56 Å². The number of hydrogen-bond acceptors (Lipinski definition) is 1. The fourth-order valence-corrected chi connectivity index (χ4v) is 3.11. The van der Waals surface area contributed by atoms with Gasteiger partial charge in [-0.3, -0.25) is 4.79 Å². The van der Waals surface area contributed by atoms with E-state index in [1.807, 2.05) is 30.3 Å². The van der Waals surface area contributed by atoms with Crippen molar-refractivity contribution in [3.05, 3.63) is 46.4 Å². The van der Waals surface area contributed by atoms with Crippen LogP contribution in [0, 0.1) is 0 Å². The Labute approximate surface area is 129 Å². The molecule has 1 fully saturated rings. The molecule has 0 atom stereocenters. The van der Waals surface area contributed by atoms with Gasteiger partial charge in [0.25, 0.3) is 11.8 Å². The molecule has 0 radical (unpaired) electrons. The number of piperidine rings is 1. The number of hydrogen-bond donors (Lipinski definition) is 0. The zero-order valence-corrected chi connectivity index (χ0v) is 12.9. The molecule has 0 spiro atoms. The van der Waals surface area contributed by atoms with Crippen molar-refractivity contribution in [3.8, 4) is 0 Å². The van der Waals surface area contributed by atoms with Crippen LogP contribution in [0.15, 0.2) is 40.9 Å². The lowest BCUT2D eigenvalue weighted by Crippen LogP contribution is -2.42. The van der Waals surface area contributed by atoms with Crippen LogP contribution < -0.4 is 0 Å². The molecule has 2 nitrogen and oxygen atoms in total. The predicted molar refractivity (Wildman–Crippen MR) is 81.7 cm³/mol. The fraction of sp³-hybridized carbons (Fsp3) is 0.312. The summed E-state index contributed by atoms with van der Waals surface area (Å²) in [6.45, 7) is 0.227. The lowest BCUT2D eigenvalue weighted by Gasteiger charge is -2.31. The van der Waals surface area contributed by atoms with Gasteiger partial charge in [0, 0.05) is 36.0 Å². The predicted octanol–water partition coefficient (Wildman–Crippen LogP) is 4.47. The van der Waals surface area contributed by atoms with E-state index in [-0.39, 0.29) is 31.8 Å². The van der Waals surface area contributed by atoms with Crippen molar-refractivity contribution in [2.24, 2.45) is 0 Å². The number of carbonyl (C=O) groups is 1. The van der Waals surface area contributed by atoms with Gasteiger partial charge in [0.1, 0.15) is 0 Å². The fourth-order valence-electron chi connectivity index (χ4n) is 2.60.